The van der Waals surface area contributed by atoms with Gasteiger partial charge in [-0.1, -0.05) is 11.6 Å². The molecule has 1 N–H and O–H groups in total. The lowest BCUT2D eigenvalue weighted by Gasteiger charge is -2.24. The van der Waals surface area contributed by atoms with Gasteiger partial charge < -0.3 is 5.32 Å². The van der Waals surface area contributed by atoms with E-state index in [2.05, 4.69) is 25.4 Å². The van der Waals surface area contributed by atoms with Crippen LogP contribution in [0.25, 0.3) is 11.3 Å². The van der Waals surface area contributed by atoms with Crippen LogP contribution in [0.2, 0.25) is 5.02 Å². The van der Waals surface area contributed by atoms with E-state index in [0.29, 0.717) is 29.3 Å². The Kier molecular flexibility index (Phi) is 4.31. The summed E-state index contributed by atoms with van der Waals surface area (Å²) in [4.78, 5) is 25.1. The molecule has 1 unspecified atom stereocenters. The third-order valence-electron chi connectivity index (χ3n) is 5.65. The largest absolute Gasteiger partial charge is 0.351 e. The molecule has 3 aliphatic carbocycles. The van der Waals surface area contributed by atoms with Crippen molar-refractivity contribution in [3.05, 3.63) is 63.9 Å². The Morgan fingerprint density at radius 2 is 1.93 bits per heavy atom. The van der Waals surface area contributed by atoms with Crippen LogP contribution in [0, 0.1) is 11.8 Å². The average molecular weight is 395 g/mol. The van der Waals surface area contributed by atoms with Gasteiger partial charge in [0.25, 0.3) is 5.56 Å². The predicted octanol–water partition coefficient (Wildman–Crippen LogP) is 3.01. The third kappa shape index (κ3) is 3.38. The second kappa shape index (κ2) is 6.98. The zero-order valence-corrected chi connectivity index (χ0v) is 15.9. The van der Waals surface area contributed by atoms with Crippen molar-refractivity contribution in [1.82, 2.24) is 24.7 Å². The number of fused-ring (bicyclic) bond motifs is 1. The van der Waals surface area contributed by atoms with E-state index in [1.54, 1.807) is 36.9 Å². The van der Waals surface area contributed by atoms with Gasteiger partial charge in [0.05, 0.1) is 17.3 Å². The topological polar surface area (TPSA) is 85.6 Å². The third-order valence-corrected chi connectivity index (χ3v) is 5.86. The second-order valence-electron chi connectivity index (χ2n) is 7.61. The Morgan fingerprint density at radius 3 is 2.64 bits per heavy atom. The number of rotatable bonds is 5. The maximum atomic E-state index is 12.2. The fourth-order valence-electron chi connectivity index (χ4n) is 4.17. The summed E-state index contributed by atoms with van der Waals surface area (Å²) in [6.07, 6.45) is 10.6. The van der Waals surface area contributed by atoms with Crippen LogP contribution in [-0.2, 0) is 6.54 Å². The van der Waals surface area contributed by atoms with Gasteiger partial charge in [-0.3, -0.25) is 9.78 Å². The highest BCUT2D eigenvalue weighted by atomic mass is 35.5. The van der Waals surface area contributed by atoms with Gasteiger partial charge in [-0.25, -0.2) is 14.6 Å². The van der Waals surface area contributed by atoms with Crippen LogP contribution < -0.4 is 10.9 Å². The zero-order valence-electron chi connectivity index (χ0n) is 15.1. The van der Waals surface area contributed by atoms with Gasteiger partial charge in [-0.2, -0.15) is 5.10 Å². The van der Waals surface area contributed by atoms with Gasteiger partial charge >= 0.3 is 0 Å². The normalized spacial score (nSPS) is 22.7. The summed E-state index contributed by atoms with van der Waals surface area (Å²) in [5.74, 6) is 2.32. The van der Waals surface area contributed by atoms with Crippen LogP contribution in [0.1, 0.15) is 24.8 Å². The number of nitrogens with zero attached hydrogens (tertiary/aromatic N) is 5. The van der Waals surface area contributed by atoms with Crippen molar-refractivity contribution in [1.29, 1.82) is 0 Å². The molecule has 0 aliphatic heterocycles. The molecule has 3 saturated carbocycles. The molecular weight excluding hydrogens is 376 g/mol. The summed E-state index contributed by atoms with van der Waals surface area (Å²) in [6.45, 7) is 0.297. The molecule has 0 aromatic carbocycles. The van der Waals surface area contributed by atoms with E-state index < -0.39 is 0 Å². The highest BCUT2D eigenvalue weighted by Crippen LogP contribution is 2.49. The summed E-state index contributed by atoms with van der Waals surface area (Å²) in [6, 6.07) is 5.46. The monoisotopic (exact) mass is 394 g/mol. The van der Waals surface area contributed by atoms with Crippen LogP contribution in [0.15, 0.2) is 47.8 Å². The minimum absolute atomic E-state index is 0.192. The number of anilines is 1. The van der Waals surface area contributed by atoms with Gasteiger partial charge in [0.1, 0.15) is 0 Å². The molecule has 0 radical (unpaired) electrons. The summed E-state index contributed by atoms with van der Waals surface area (Å²) >= 11 is 5.97. The molecule has 7 nitrogen and oxygen atoms in total. The second-order valence-corrected chi connectivity index (χ2v) is 8.04. The Labute approximate surface area is 166 Å². The lowest BCUT2D eigenvalue weighted by Crippen LogP contribution is -2.25. The fraction of sp³-hybridized carbons (Fsp3) is 0.350. The molecule has 0 amide bonds. The van der Waals surface area contributed by atoms with Crippen molar-refractivity contribution in [3.63, 3.8) is 0 Å². The first-order valence-electron chi connectivity index (χ1n) is 9.40. The molecular formula is C20H19ClN6O. The van der Waals surface area contributed by atoms with Gasteiger partial charge in [-0.05, 0) is 48.8 Å². The number of halogens is 1. The van der Waals surface area contributed by atoms with E-state index in [9.17, 15) is 4.79 Å². The van der Waals surface area contributed by atoms with Gasteiger partial charge in [0, 0.05) is 42.5 Å². The molecule has 142 valence electrons. The Hall–Kier alpha value is -2.80. The van der Waals surface area contributed by atoms with E-state index in [0.717, 1.165) is 23.0 Å². The minimum Gasteiger partial charge on any atom is -0.351 e. The Balaban J connectivity index is 1.35. The maximum Gasteiger partial charge on any atom is 0.267 e. The first-order valence-corrected chi connectivity index (χ1v) is 9.78. The van der Waals surface area contributed by atoms with Crippen LogP contribution >= 0.6 is 11.6 Å². The molecule has 1 atom stereocenters. The van der Waals surface area contributed by atoms with E-state index in [4.69, 9.17) is 11.6 Å². The van der Waals surface area contributed by atoms with Gasteiger partial charge in [0.2, 0.25) is 5.95 Å². The van der Waals surface area contributed by atoms with Crippen molar-refractivity contribution in [2.75, 3.05) is 5.32 Å². The van der Waals surface area contributed by atoms with Crippen molar-refractivity contribution in [3.8, 4) is 11.3 Å². The van der Waals surface area contributed by atoms with Crippen molar-refractivity contribution >= 4 is 17.5 Å². The number of aromatic nitrogens is 5. The highest BCUT2D eigenvalue weighted by Gasteiger charge is 2.44. The fourth-order valence-corrected chi connectivity index (χ4v) is 4.37. The molecule has 3 aliphatic rings. The number of hydrogen-bond donors (Lipinski definition) is 1. The van der Waals surface area contributed by atoms with Gasteiger partial charge in [-0.15, -0.1) is 0 Å². The molecule has 3 aromatic heterocycles. The molecule has 3 fully saturated rings. The van der Waals surface area contributed by atoms with Gasteiger partial charge in [0.15, 0.2) is 0 Å². The lowest BCUT2D eigenvalue weighted by atomic mass is 9.84. The summed E-state index contributed by atoms with van der Waals surface area (Å²) in [5, 5.41) is 8.43. The molecule has 28 heavy (non-hydrogen) atoms. The molecule has 2 bridgehead atoms. The standard InChI is InChI=1S/C20H19ClN6O/c21-16-5-13(7-22-10-16)11-27-19(28)2-1-17(26-27)15-8-23-20(24-9-15)25-18-6-12-3-14(18)4-12/h1-2,5,7-10,12,14,18H,3-4,6,11H2,(H,23,24,25). The van der Waals surface area contributed by atoms with Crippen LogP contribution in [0.3, 0.4) is 0 Å². The summed E-state index contributed by atoms with van der Waals surface area (Å²) < 4.78 is 1.39. The molecule has 6 rings (SSSR count). The first-order chi connectivity index (χ1) is 13.6. The van der Waals surface area contributed by atoms with Crippen molar-refractivity contribution < 1.29 is 0 Å². The quantitative estimate of drug-likeness (QED) is 0.716. The summed E-state index contributed by atoms with van der Waals surface area (Å²) in [7, 11) is 0. The molecule has 8 heteroatoms. The van der Waals surface area contributed by atoms with Crippen LogP contribution in [0.5, 0.6) is 0 Å². The number of pyridine rings is 1. The molecule has 3 aromatic rings. The molecule has 0 spiro atoms. The minimum atomic E-state index is -0.192. The van der Waals surface area contributed by atoms with E-state index in [1.807, 2.05) is 0 Å². The van der Waals surface area contributed by atoms with E-state index >= 15 is 0 Å². The van der Waals surface area contributed by atoms with Crippen molar-refractivity contribution in [2.45, 2.75) is 31.8 Å². The molecule has 0 saturated heterocycles. The summed E-state index contributed by atoms with van der Waals surface area (Å²) in [5.41, 5.74) is 2.02. The predicted molar refractivity (Wildman–Crippen MR) is 106 cm³/mol. The van der Waals surface area contributed by atoms with E-state index in [1.165, 1.54) is 30.0 Å². The zero-order chi connectivity index (χ0) is 19.1. The van der Waals surface area contributed by atoms with Crippen LogP contribution in [-0.4, -0.2) is 30.8 Å². The first kappa shape index (κ1) is 17.3. The van der Waals surface area contributed by atoms with Crippen molar-refractivity contribution in [2.24, 2.45) is 11.8 Å². The highest BCUT2D eigenvalue weighted by molar-refractivity contribution is 6.30. The Bertz CT molecular complexity index is 1060. The van der Waals surface area contributed by atoms with E-state index in [-0.39, 0.29) is 5.56 Å². The average Bonchev–Trinajstić information content (AvgIpc) is 3.24. The maximum absolute atomic E-state index is 12.2. The SMILES string of the molecule is O=c1ccc(-c2cnc(NC3CC4CC3C4)nc2)nn1Cc1cncc(Cl)c1. The lowest BCUT2D eigenvalue weighted by molar-refractivity contribution is 0.298. The Morgan fingerprint density at radius 1 is 1.11 bits per heavy atom. The number of hydrogen-bond acceptors (Lipinski definition) is 6. The van der Waals surface area contributed by atoms with Crippen LogP contribution in [0.4, 0.5) is 5.95 Å². The smallest absolute Gasteiger partial charge is 0.267 e. The molecule has 3 heterocycles. The number of nitrogens with one attached hydrogen (secondary N) is 1.